The normalized spacial score (nSPS) is 11.3. The molecule has 2 N–H and O–H groups in total. The predicted octanol–water partition coefficient (Wildman–Crippen LogP) is 4.76. The number of nitrogens with one attached hydrogen (secondary N) is 2. The predicted molar refractivity (Wildman–Crippen MR) is 142 cm³/mol. The van der Waals surface area contributed by atoms with Crippen LogP contribution in [0.5, 0.6) is 0 Å². The first kappa shape index (κ1) is 24.0. The van der Waals surface area contributed by atoms with Crippen LogP contribution in [0.3, 0.4) is 0 Å². The van der Waals surface area contributed by atoms with E-state index in [-0.39, 0.29) is 16.6 Å². The van der Waals surface area contributed by atoms with Crippen LogP contribution in [0, 0.1) is 13.8 Å². The Kier molecular flexibility index (Phi) is 6.33. The molecule has 0 saturated carbocycles. The minimum atomic E-state index is -3.88. The van der Waals surface area contributed by atoms with Crippen molar-refractivity contribution < 1.29 is 13.2 Å². The lowest BCUT2D eigenvalue weighted by Crippen LogP contribution is -2.15. The van der Waals surface area contributed by atoms with Gasteiger partial charge < -0.3 is 5.32 Å². The van der Waals surface area contributed by atoms with Gasteiger partial charge in [0.05, 0.1) is 21.7 Å². The van der Waals surface area contributed by atoms with E-state index in [1.165, 1.54) is 24.3 Å². The molecule has 0 aliphatic rings. The van der Waals surface area contributed by atoms with Crippen LogP contribution in [-0.4, -0.2) is 34.3 Å². The van der Waals surface area contributed by atoms with Gasteiger partial charge in [-0.3, -0.25) is 14.5 Å². The van der Waals surface area contributed by atoms with Crippen LogP contribution >= 0.6 is 0 Å². The monoisotopic (exact) mass is 510 g/mol. The zero-order valence-electron chi connectivity index (χ0n) is 20.0. The number of hydrogen-bond acceptors (Lipinski definition) is 7. The number of carbonyl (C=O) groups is 1. The zero-order valence-corrected chi connectivity index (χ0v) is 20.8. The molecule has 5 rings (SSSR count). The van der Waals surface area contributed by atoms with Gasteiger partial charge in [-0.05, 0) is 62.4 Å². The van der Waals surface area contributed by atoms with Gasteiger partial charge in [0.2, 0.25) is 0 Å². The van der Waals surface area contributed by atoms with Crippen LogP contribution in [0.25, 0.3) is 22.2 Å². The highest BCUT2D eigenvalue weighted by Gasteiger charge is 2.17. The fraction of sp³-hybridized carbons (Fsp3) is 0.0741. The second-order valence-corrected chi connectivity index (χ2v) is 10.0. The molecule has 184 valence electrons. The smallest absolute Gasteiger partial charge is 0.263 e. The number of fused-ring (bicyclic) bond motifs is 1. The van der Waals surface area contributed by atoms with E-state index in [9.17, 15) is 13.2 Å². The molecule has 37 heavy (non-hydrogen) atoms. The van der Waals surface area contributed by atoms with Gasteiger partial charge in [0.1, 0.15) is 11.6 Å². The van der Waals surface area contributed by atoms with Crippen LogP contribution in [-0.2, 0) is 10.0 Å². The molecule has 3 aromatic heterocycles. The third kappa shape index (κ3) is 5.29. The Hall–Kier alpha value is -4.70. The summed E-state index contributed by atoms with van der Waals surface area (Å²) in [5.74, 6) is 0.318. The molecule has 0 bridgehead atoms. The molecule has 0 aliphatic carbocycles. The summed E-state index contributed by atoms with van der Waals surface area (Å²) in [6, 6.07) is 20.3. The van der Waals surface area contributed by atoms with E-state index in [1.807, 2.05) is 36.4 Å². The Morgan fingerprint density at radius 2 is 1.57 bits per heavy atom. The molecule has 1 amide bonds. The summed E-state index contributed by atoms with van der Waals surface area (Å²) in [6.45, 7) is 3.45. The Bertz CT molecular complexity index is 1700. The molecule has 10 heteroatoms. The van der Waals surface area contributed by atoms with Gasteiger partial charge in [-0.15, -0.1) is 0 Å². The van der Waals surface area contributed by atoms with Gasteiger partial charge in [-0.2, -0.15) is 0 Å². The summed E-state index contributed by atoms with van der Waals surface area (Å²) in [5.41, 5.74) is 3.72. The second-order valence-electron chi connectivity index (χ2n) is 8.33. The molecular weight excluding hydrogens is 488 g/mol. The zero-order chi connectivity index (χ0) is 26.0. The molecular formula is C27H22N6O3S. The number of anilines is 2. The fourth-order valence-corrected chi connectivity index (χ4v) is 4.91. The summed E-state index contributed by atoms with van der Waals surface area (Å²) < 4.78 is 28.1. The molecule has 2 aromatic carbocycles. The van der Waals surface area contributed by atoms with Crippen LogP contribution in [0.2, 0.25) is 0 Å². The van der Waals surface area contributed by atoms with Gasteiger partial charge in [-0.25, -0.2) is 23.4 Å². The maximum absolute atomic E-state index is 13.3. The first-order chi connectivity index (χ1) is 17.8. The summed E-state index contributed by atoms with van der Waals surface area (Å²) in [7, 11) is -3.88. The van der Waals surface area contributed by atoms with Crippen LogP contribution in [0.15, 0.2) is 90.1 Å². The maximum atomic E-state index is 13.3. The van der Waals surface area contributed by atoms with Gasteiger partial charge in [0.15, 0.2) is 0 Å². The minimum absolute atomic E-state index is 0.0359. The molecule has 0 saturated heterocycles. The van der Waals surface area contributed by atoms with E-state index in [2.05, 4.69) is 30.0 Å². The van der Waals surface area contributed by atoms with E-state index in [0.29, 0.717) is 39.4 Å². The highest BCUT2D eigenvalue weighted by atomic mass is 32.2. The summed E-state index contributed by atoms with van der Waals surface area (Å²) in [5, 5.41) is 3.56. The number of para-hydroxylation sites is 1. The average molecular weight is 511 g/mol. The molecule has 0 unspecified atom stereocenters. The number of aryl methyl sites for hydroxylation is 2. The maximum Gasteiger partial charge on any atom is 0.263 e. The number of nitrogens with zero attached hydrogens (tertiary/aromatic N) is 4. The van der Waals surface area contributed by atoms with Gasteiger partial charge >= 0.3 is 0 Å². The quantitative estimate of drug-likeness (QED) is 0.337. The number of pyridine rings is 2. The van der Waals surface area contributed by atoms with Crippen molar-refractivity contribution >= 4 is 38.3 Å². The van der Waals surface area contributed by atoms with Crippen molar-refractivity contribution in [1.82, 2.24) is 19.9 Å². The molecule has 3 heterocycles. The van der Waals surface area contributed by atoms with Gasteiger partial charge in [0.25, 0.3) is 15.9 Å². The Morgan fingerprint density at radius 1 is 0.838 bits per heavy atom. The largest absolute Gasteiger partial charge is 0.322 e. The first-order valence-electron chi connectivity index (χ1n) is 11.4. The van der Waals surface area contributed by atoms with Crippen LogP contribution in [0.1, 0.15) is 21.9 Å². The van der Waals surface area contributed by atoms with Gasteiger partial charge in [0, 0.05) is 40.8 Å². The lowest BCUT2D eigenvalue weighted by molar-refractivity contribution is 0.102. The van der Waals surface area contributed by atoms with Crippen LogP contribution < -0.4 is 10.0 Å². The van der Waals surface area contributed by atoms with Crippen molar-refractivity contribution in [2.24, 2.45) is 0 Å². The SMILES string of the molecule is Cc1cc(NS(=O)(=O)c2ccc(NC(=O)c3cc(-c4ccncc4)nc4ccccc34)cc2)nc(C)n1. The summed E-state index contributed by atoms with van der Waals surface area (Å²) in [6.07, 6.45) is 3.34. The number of amides is 1. The van der Waals surface area contributed by atoms with Crippen molar-refractivity contribution in [1.29, 1.82) is 0 Å². The van der Waals surface area contributed by atoms with Crippen molar-refractivity contribution in [3.8, 4) is 11.3 Å². The fourth-order valence-electron chi connectivity index (χ4n) is 3.92. The molecule has 5 aromatic rings. The number of sulfonamides is 1. The average Bonchev–Trinajstić information content (AvgIpc) is 2.88. The first-order valence-corrected chi connectivity index (χ1v) is 12.8. The topological polar surface area (TPSA) is 127 Å². The highest BCUT2D eigenvalue weighted by molar-refractivity contribution is 7.92. The van der Waals surface area contributed by atoms with E-state index >= 15 is 0 Å². The molecule has 0 aliphatic heterocycles. The Balaban J connectivity index is 1.40. The van der Waals surface area contributed by atoms with Crippen molar-refractivity contribution in [2.45, 2.75) is 18.7 Å². The van der Waals surface area contributed by atoms with Crippen molar-refractivity contribution in [3.05, 3.63) is 102 Å². The molecule has 0 fully saturated rings. The minimum Gasteiger partial charge on any atom is -0.322 e. The number of hydrogen-bond donors (Lipinski definition) is 2. The number of rotatable bonds is 6. The lowest BCUT2D eigenvalue weighted by Gasteiger charge is -2.12. The van der Waals surface area contributed by atoms with E-state index in [1.54, 1.807) is 38.4 Å². The van der Waals surface area contributed by atoms with Crippen molar-refractivity contribution in [2.75, 3.05) is 10.0 Å². The summed E-state index contributed by atoms with van der Waals surface area (Å²) in [4.78, 5) is 30.3. The Labute approximate surface area is 213 Å². The Morgan fingerprint density at radius 3 is 2.30 bits per heavy atom. The second kappa shape index (κ2) is 9.75. The molecule has 9 nitrogen and oxygen atoms in total. The van der Waals surface area contributed by atoms with E-state index in [0.717, 1.165) is 5.56 Å². The number of aromatic nitrogens is 4. The molecule has 0 spiro atoms. The number of carbonyl (C=O) groups excluding carboxylic acids is 1. The third-order valence-electron chi connectivity index (χ3n) is 5.56. The van der Waals surface area contributed by atoms with Crippen molar-refractivity contribution in [3.63, 3.8) is 0 Å². The lowest BCUT2D eigenvalue weighted by atomic mass is 10.0. The molecule has 0 radical (unpaired) electrons. The highest BCUT2D eigenvalue weighted by Crippen LogP contribution is 2.26. The van der Waals surface area contributed by atoms with E-state index in [4.69, 9.17) is 0 Å². The molecule has 0 atom stereocenters. The van der Waals surface area contributed by atoms with Crippen LogP contribution in [0.4, 0.5) is 11.5 Å². The summed E-state index contributed by atoms with van der Waals surface area (Å²) >= 11 is 0. The van der Waals surface area contributed by atoms with Gasteiger partial charge in [-0.1, -0.05) is 18.2 Å². The third-order valence-corrected chi connectivity index (χ3v) is 6.93. The number of benzene rings is 2. The van der Waals surface area contributed by atoms with E-state index < -0.39 is 10.0 Å². The standard InChI is InChI=1S/C27H22N6O3S/c1-17-15-26(30-18(2)29-17)33-37(35,36)21-9-7-20(8-10-21)31-27(34)23-16-25(19-11-13-28-14-12-19)32-24-6-4-3-5-22(23)24/h3-16H,1-2H3,(H,31,34)(H,29,30,33).